The summed E-state index contributed by atoms with van der Waals surface area (Å²) in [5.41, 5.74) is 0.133. The van der Waals surface area contributed by atoms with E-state index < -0.39 is 26.9 Å². The molecule has 0 radical (unpaired) electrons. The molecule has 3 heterocycles. The van der Waals surface area contributed by atoms with Crippen LogP contribution in [-0.4, -0.2) is 51.7 Å². The second-order valence-electron chi connectivity index (χ2n) is 7.17. The molecule has 0 amide bonds. The van der Waals surface area contributed by atoms with E-state index in [1.165, 1.54) is 22.5 Å². The van der Waals surface area contributed by atoms with E-state index in [1.807, 2.05) is 19.1 Å². The van der Waals surface area contributed by atoms with Gasteiger partial charge in [-0.3, -0.25) is 0 Å². The number of rotatable bonds is 6. The molecule has 2 aromatic rings. The molecule has 2 aliphatic heterocycles. The SMILES string of the molecule is C[I-][C@@H](NC1=NS(=O)N=C1Nc1cccc(S(=O)(=O)N2CCCC2)c1O)c1ccc(C)o1. The Morgan fingerprint density at radius 1 is 1.19 bits per heavy atom. The van der Waals surface area contributed by atoms with E-state index in [4.69, 9.17) is 4.42 Å². The van der Waals surface area contributed by atoms with Crippen LogP contribution in [0, 0.1) is 6.92 Å². The van der Waals surface area contributed by atoms with Crippen LogP contribution < -0.4 is 31.8 Å². The van der Waals surface area contributed by atoms with Gasteiger partial charge in [0.1, 0.15) is 0 Å². The maximum atomic E-state index is 12.9. The molecule has 174 valence electrons. The summed E-state index contributed by atoms with van der Waals surface area (Å²) in [7, 11) is -3.82. The molecule has 0 spiro atoms. The molecule has 0 bridgehead atoms. The number of nitrogens with one attached hydrogen (secondary N) is 2. The van der Waals surface area contributed by atoms with Gasteiger partial charge in [0, 0.05) is 0 Å². The van der Waals surface area contributed by atoms with Gasteiger partial charge in [-0.15, -0.1) is 0 Å². The first-order valence-corrected chi connectivity index (χ1v) is 15.7. The van der Waals surface area contributed by atoms with Gasteiger partial charge in [0.2, 0.25) is 0 Å². The zero-order valence-electron chi connectivity index (χ0n) is 17.4. The van der Waals surface area contributed by atoms with Gasteiger partial charge in [-0.1, -0.05) is 0 Å². The summed E-state index contributed by atoms with van der Waals surface area (Å²) < 4.78 is 52.8. The Labute approximate surface area is 199 Å². The van der Waals surface area contributed by atoms with Crippen molar-refractivity contribution < 1.29 is 43.4 Å². The van der Waals surface area contributed by atoms with E-state index in [9.17, 15) is 17.7 Å². The molecule has 1 aromatic heterocycles. The van der Waals surface area contributed by atoms with Gasteiger partial charge in [0.15, 0.2) is 0 Å². The standard InChI is InChI=1S/C19H23IN5O5S2/c1-12-8-9-14(30-12)17(20-2)22-19-18(23-31(27)24-19)21-13-6-5-7-15(16(13)26)32(28,29)25-10-3-4-11-25/h5-9,17,26H,3-4,10-11H2,1-2H3,(H,21,23)(H,22,24)/q-1/t17-,31?/m0/s1. The number of halogens is 1. The Morgan fingerprint density at radius 3 is 2.56 bits per heavy atom. The van der Waals surface area contributed by atoms with Crippen molar-refractivity contribution >= 4 is 38.6 Å². The van der Waals surface area contributed by atoms with Crippen molar-refractivity contribution in [1.29, 1.82) is 0 Å². The minimum absolute atomic E-state index is 0.126. The summed E-state index contributed by atoms with van der Waals surface area (Å²) in [6, 6.07) is 8.18. The molecular formula is C19H23IN5O5S2-. The third kappa shape index (κ3) is 4.70. The summed E-state index contributed by atoms with van der Waals surface area (Å²) in [6.07, 6.45) is 1.59. The molecule has 13 heteroatoms. The van der Waals surface area contributed by atoms with Crippen molar-refractivity contribution in [2.45, 2.75) is 28.7 Å². The number of alkyl halides is 2. The predicted octanol–water partition coefficient (Wildman–Crippen LogP) is -1.11. The fourth-order valence-electron chi connectivity index (χ4n) is 3.41. The third-order valence-electron chi connectivity index (χ3n) is 4.99. The number of sulfonamides is 1. The molecule has 1 unspecified atom stereocenters. The Kier molecular flexibility index (Phi) is 6.88. The number of amidine groups is 2. The second kappa shape index (κ2) is 9.49. The van der Waals surface area contributed by atoms with Gasteiger partial charge >= 0.3 is 200 Å². The quantitative estimate of drug-likeness (QED) is 0.168. The van der Waals surface area contributed by atoms with Crippen LogP contribution in [0.2, 0.25) is 0 Å². The molecular weight excluding hydrogens is 569 g/mol. The Morgan fingerprint density at radius 2 is 1.91 bits per heavy atom. The first kappa shape index (κ1) is 23.2. The van der Waals surface area contributed by atoms with E-state index in [2.05, 4.69) is 24.4 Å². The summed E-state index contributed by atoms with van der Waals surface area (Å²) >= 11 is -2.20. The van der Waals surface area contributed by atoms with Crippen LogP contribution in [0.15, 0.2) is 48.4 Å². The number of hydrogen-bond acceptors (Lipinski definition) is 7. The van der Waals surface area contributed by atoms with Crippen LogP contribution in [0.4, 0.5) is 5.69 Å². The van der Waals surface area contributed by atoms with Crippen molar-refractivity contribution in [2.75, 3.05) is 23.3 Å². The van der Waals surface area contributed by atoms with Crippen molar-refractivity contribution in [3.63, 3.8) is 0 Å². The topological polar surface area (TPSA) is 137 Å². The average molecular weight is 592 g/mol. The summed E-state index contributed by atoms with van der Waals surface area (Å²) in [5.74, 6) is 1.53. The molecule has 1 saturated heterocycles. The molecule has 0 aliphatic carbocycles. The van der Waals surface area contributed by atoms with Gasteiger partial charge in [-0.2, -0.15) is 0 Å². The Bertz CT molecular complexity index is 1200. The van der Waals surface area contributed by atoms with Crippen LogP contribution in [-0.2, 0) is 21.2 Å². The number of benzene rings is 1. The molecule has 1 fully saturated rings. The van der Waals surface area contributed by atoms with Gasteiger partial charge < -0.3 is 0 Å². The third-order valence-corrected chi connectivity index (χ3v) is 9.77. The van der Waals surface area contributed by atoms with Crippen LogP contribution in [0.1, 0.15) is 28.4 Å². The van der Waals surface area contributed by atoms with Gasteiger partial charge in [-0.05, 0) is 0 Å². The summed E-state index contributed by atoms with van der Waals surface area (Å²) in [6.45, 7) is 2.72. The van der Waals surface area contributed by atoms with Crippen molar-refractivity contribution in [2.24, 2.45) is 8.80 Å². The first-order valence-electron chi connectivity index (χ1n) is 9.79. The van der Waals surface area contributed by atoms with Gasteiger partial charge in [0.05, 0.1) is 0 Å². The molecule has 4 rings (SSSR count). The number of para-hydroxylation sites is 1. The Hall–Kier alpha value is -1.97. The van der Waals surface area contributed by atoms with Crippen molar-refractivity contribution in [3.8, 4) is 5.75 Å². The number of aromatic hydroxyl groups is 1. The molecule has 0 saturated carbocycles. The molecule has 10 nitrogen and oxygen atoms in total. The van der Waals surface area contributed by atoms with Crippen LogP contribution >= 0.6 is 0 Å². The van der Waals surface area contributed by atoms with E-state index in [0.29, 0.717) is 13.1 Å². The van der Waals surface area contributed by atoms with Crippen molar-refractivity contribution in [1.82, 2.24) is 9.62 Å². The van der Waals surface area contributed by atoms with Crippen molar-refractivity contribution in [3.05, 3.63) is 41.9 Å². The van der Waals surface area contributed by atoms with Gasteiger partial charge in [-0.25, -0.2) is 0 Å². The number of phenols is 1. The summed E-state index contributed by atoms with van der Waals surface area (Å²) in [5, 5.41) is 16.8. The number of aryl methyl sites for hydroxylation is 1. The molecule has 1 aromatic carbocycles. The van der Waals surface area contributed by atoms with E-state index in [0.717, 1.165) is 24.4 Å². The Balaban J connectivity index is 1.57. The predicted molar refractivity (Wildman–Crippen MR) is 118 cm³/mol. The number of phenolic OH excluding ortho intramolecular Hbond substituents is 1. The fraction of sp³-hybridized carbons (Fsp3) is 0.368. The second-order valence-corrected chi connectivity index (χ2v) is 12.4. The van der Waals surface area contributed by atoms with Crippen LogP contribution in [0.3, 0.4) is 0 Å². The molecule has 32 heavy (non-hydrogen) atoms. The molecule has 2 atom stereocenters. The number of anilines is 1. The zero-order chi connectivity index (χ0) is 22.9. The van der Waals surface area contributed by atoms with Crippen LogP contribution in [0.5, 0.6) is 5.75 Å². The van der Waals surface area contributed by atoms with Gasteiger partial charge in [0.25, 0.3) is 0 Å². The number of hydrogen-bond donors (Lipinski definition) is 3. The van der Waals surface area contributed by atoms with E-state index in [-0.39, 0.29) is 47.5 Å². The first-order chi connectivity index (χ1) is 15.3. The van der Waals surface area contributed by atoms with Crippen LogP contribution in [0.25, 0.3) is 0 Å². The summed E-state index contributed by atoms with van der Waals surface area (Å²) in [4.78, 5) is 1.89. The molecule has 2 aliphatic rings. The number of furan rings is 1. The maximum absolute atomic E-state index is 12.9. The fourth-order valence-corrected chi connectivity index (χ4v) is 7.21. The average Bonchev–Trinajstić information content (AvgIpc) is 3.50. The normalized spacial score (nSPS) is 20.2. The monoisotopic (exact) mass is 592 g/mol. The number of nitrogens with zero attached hydrogens (tertiary/aromatic N) is 3. The molecule has 3 N–H and O–H groups in total. The zero-order valence-corrected chi connectivity index (χ0v) is 21.2. The minimum atomic E-state index is -3.82. The van der Waals surface area contributed by atoms with E-state index >= 15 is 0 Å². The van der Waals surface area contributed by atoms with E-state index in [1.54, 1.807) is 0 Å².